The molecule has 1 heterocycles. The molecule has 0 aliphatic heterocycles. The first kappa shape index (κ1) is 29.5. The van der Waals surface area contributed by atoms with Gasteiger partial charge in [-0.05, 0) is 53.7 Å². The zero-order valence-electron chi connectivity index (χ0n) is 24.0. The number of aromatic nitrogens is 1. The molecule has 0 saturated heterocycles. The van der Waals surface area contributed by atoms with Crippen LogP contribution in [0.15, 0.2) is 24.3 Å². The Morgan fingerprint density at radius 1 is 1.18 bits per heavy atom. The van der Waals surface area contributed by atoms with E-state index in [1.165, 1.54) is 11.3 Å². The molecule has 214 valence electrons. The van der Waals surface area contributed by atoms with Crippen molar-refractivity contribution in [2.24, 2.45) is 22.2 Å². The summed E-state index contributed by atoms with van der Waals surface area (Å²) in [6.45, 7) is 10.5. The fourth-order valence-electron chi connectivity index (χ4n) is 6.55. The van der Waals surface area contributed by atoms with Gasteiger partial charge in [0.25, 0.3) is 0 Å². The van der Waals surface area contributed by atoms with Gasteiger partial charge in [-0.2, -0.15) is 0 Å². The Balaban J connectivity index is 1.61. The van der Waals surface area contributed by atoms with Gasteiger partial charge in [-0.25, -0.2) is 4.98 Å². The highest BCUT2D eigenvalue weighted by Crippen LogP contribution is 2.62. The smallest absolute Gasteiger partial charge is 0.226 e. The molecule has 1 fully saturated rings. The summed E-state index contributed by atoms with van der Waals surface area (Å²) < 4.78 is 5.22. The van der Waals surface area contributed by atoms with Crippen LogP contribution in [0.4, 0.5) is 5.13 Å². The molecule has 0 radical (unpaired) electrons. The van der Waals surface area contributed by atoms with E-state index in [0.29, 0.717) is 30.9 Å². The summed E-state index contributed by atoms with van der Waals surface area (Å²) in [4.78, 5) is 31.9. The number of methoxy groups -OCH3 is 1. The highest BCUT2D eigenvalue weighted by Gasteiger charge is 2.59. The second-order valence-electron chi connectivity index (χ2n) is 13.0. The lowest BCUT2D eigenvalue weighted by Crippen LogP contribution is -2.57. The predicted octanol–water partition coefficient (Wildman–Crippen LogP) is 4.65. The number of anilines is 1. The topological polar surface area (TPSA) is 121 Å². The minimum atomic E-state index is -0.692. The zero-order chi connectivity index (χ0) is 28.6. The third-order valence-electron chi connectivity index (χ3n) is 8.87. The molecule has 4 rings (SSSR count). The minimum Gasteiger partial charge on any atom is -0.497 e. The third-order valence-corrected chi connectivity index (χ3v) is 9.88. The molecular formula is C30H43N3O5S. The van der Waals surface area contributed by atoms with E-state index in [1.54, 1.807) is 7.11 Å². The lowest BCUT2D eigenvalue weighted by molar-refractivity contribution is -0.144. The molecule has 1 aromatic heterocycles. The largest absolute Gasteiger partial charge is 0.497 e. The number of thiazole rings is 1. The number of hydrogen-bond donors (Lipinski definition) is 4. The van der Waals surface area contributed by atoms with Crippen molar-refractivity contribution >= 4 is 28.3 Å². The van der Waals surface area contributed by atoms with Gasteiger partial charge in [-0.1, -0.05) is 46.8 Å². The molecule has 2 aliphatic rings. The van der Waals surface area contributed by atoms with Crippen molar-refractivity contribution in [1.82, 2.24) is 10.3 Å². The zero-order valence-corrected chi connectivity index (χ0v) is 24.8. The summed E-state index contributed by atoms with van der Waals surface area (Å²) in [6.07, 6.45) is 1.94. The Hall–Kier alpha value is -2.49. The summed E-state index contributed by atoms with van der Waals surface area (Å²) in [5.41, 5.74) is 0.654. The van der Waals surface area contributed by atoms with Crippen molar-refractivity contribution < 1.29 is 24.5 Å². The Labute approximate surface area is 235 Å². The first-order chi connectivity index (χ1) is 18.3. The van der Waals surface area contributed by atoms with Crippen LogP contribution in [0.3, 0.4) is 0 Å². The van der Waals surface area contributed by atoms with Crippen LogP contribution in [0, 0.1) is 22.2 Å². The van der Waals surface area contributed by atoms with Crippen molar-refractivity contribution in [3.8, 4) is 5.75 Å². The molecule has 4 N–H and O–H groups in total. The number of ether oxygens (including phenoxy) is 1. The molecule has 8 nitrogen and oxygen atoms in total. The van der Waals surface area contributed by atoms with Crippen LogP contribution in [0.25, 0.3) is 0 Å². The van der Waals surface area contributed by atoms with Crippen LogP contribution >= 0.6 is 11.3 Å². The van der Waals surface area contributed by atoms with Crippen LogP contribution in [0.5, 0.6) is 5.75 Å². The van der Waals surface area contributed by atoms with Crippen LogP contribution in [0.1, 0.15) is 82.4 Å². The summed E-state index contributed by atoms with van der Waals surface area (Å²) in [5, 5.41) is 28.0. The van der Waals surface area contributed by atoms with Crippen molar-refractivity contribution in [2.75, 3.05) is 19.0 Å². The van der Waals surface area contributed by atoms with Gasteiger partial charge in [0.05, 0.1) is 25.5 Å². The fraction of sp³-hybridized carbons (Fsp3) is 0.633. The molecule has 0 spiro atoms. The van der Waals surface area contributed by atoms with E-state index in [0.717, 1.165) is 28.3 Å². The number of fused-ring (bicyclic) bond motifs is 2. The molecule has 5 atom stereocenters. The second kappa shape index (κ2) is 11.2. The molecular weight excluding hydrogens is 514 g/mol. The number of nitrogens with zero attached hydrogens (tertiary/aromatic N) is 1. The monoisotopic (exact) mass is 557 g/mol. The normalized spacial score (nSPS) is 28.3. The van der Waals surface area contributed by atoms with Gasteiger partial charge in [-0.15, -0.1) is 11.3 Å². The van der Waals surface area contributed by atoms with Crippen molar-refractivity contribution in [1.29, 1.82) is 0 Å². The Morgan fingerprint density at radius 2 is 1.87 bits per heavy atom. The quantitative estimate of drug-likeness (QED) is 0.375. The number of aliphatic hydroxyl groups is 2. The van der Waals surface area contributed by atoms with Crippen molar-refractivity contribution in [3.63, 3.8) is 0 Å². The standard InChI is InChI=1S/C30H43N3O5S/c1-28(2,3)15-25(37)32-27-33-26-20(13-24(36)31-16-18-7-9-19(38-6)10-8-18)29(4)12-11-23(35)30(5,17-34)22(29)14-21(26)39-27/h7-10,20,22-23,34-35H,11-17H2,1-6H3,(H,31,36)(H,32,33,37)/t20?,22?,23?,29-,30-/m0/s1. The van der Waals surface area contributed by atoms with E-state index in [4.69, 9.17) is 9.72 Å². The van der Waals surface area contributed by atoms with Crippen molar-refractivity contribution in [3.05, 3.63) is 40.4 Å². The van der Waals surface area contributed by atoms with Gasteiger partial charge in [0.2, 0.25) is 11.8 Å². The Bertz CT molecular complexity index is 1190. The molecule has 39 heavy (non-hydrogen) atoms. The van der Waals surface area contributed by atoms with E-state index >= 15 is 0 Å². The van der Waals surface area contributed by atoms with Gasteiger partial charge in [0.15, 0.2) is 5.13 Å². The first-order valence-corrected chi connectivity index (χ1v) is 14.6. The number of hydrogen-bond acceptors (Lipinski definition) is 7. The molecule has 2 aromatic rings. The van der Waals surface area contributed by atoms with E-state index in [2.05, 4.69) is 17.6 Å². The van der Waals surface area contributed by atoms with Crippen LogP contribution < -0.4 is 15.4 Å². The molecule has 9 heteroatoms. The maximum Gasteiger partial charge on any atom is 0.226 e. The summed E-state index contributed by atoms with van der Waals surface area (Å²) in [7, 11) is 1.62. The van der Waals surface area contributed by atoms with Gasteiger partial charge in [0.1, 0.15) is 5.75 Å². The molecule has 3 unspecified atom stereocenters. The Morgan fingerprint density at radius 3 is 2.49 bits per heavy atom. The number of benzene rings is 1. The molecule has 0 bridgehead atoms. The molecule has 1 saturated carbocycles. The van der Waals surface area contributed by atoms with Gasteiger partial charge >= 0.3 is 0 Å². The van der Waals surface area contributed by atoms with Gasteiger partial charge in [-0.3, -0.25) is 9.59 Å². The number of carbonyl (C=O) groups is 2. The number of carbonyl (C=O) groups excluding carboxylic acids is 2. The van der Waals surface area contributed by atoms with E-state index in [1.807, 2.05) is 52.0 Å². The molecule has 1 aromatic carbocycles. The maximum absolute atomic E-state index is 13.3. The Kier molecular flexibility index (Phi) is 8.45. The minimum absolute atomic E-state index is 0.0378. The number of aliphatic hydroxyl groups excluding tert-OH is 2. The van der Waals surface area contributed by atoms with Crippen LogP contribution in [-0.2, 0) is 22.6 Å². The maximum atomic E-state index is 13.3. The summed E-state index contributed by atoms with van der Waals surface area (Å²) >= 11 is 1.45. The lowest BCUT2D eigenvalue weighted by Gasteiger charge is -2.58. The van der Waals surface area contributed by atoms with E-state index in [9.17, 15) is 19.8 Å². The van der Waals surface area contributed by atoms with E-state index < -0.39 is 11.5 Å². The summed E-state index contributed by atoms with van der Waals surface area (Å²) in [6, 6.07) is 7.59. The fourth-order valence-corrected chi connectivity index (χ4v) is 7.63. The summed E-state index contributed by atoms with van der Waals surface area (Å²) in [5.74, 6) is 0.363. The average molecular weight is 558 g/mol. The number of nitrogens with one attached hydrogen (secondary N) is 2. The highest BCUT2D eigenvalue weighted by molar-refractivity contribution is 7.15. The SMILES string of the molecule is COc1ccc(CNC(=O)CC2c3nc(NC(=O)CC(C)(C)C)sc3CC3[C@@]2(C)CCC(O)[C@@]3(C)CO)cc1. The van der Waals surface area contributed by atoms with Crippen molar-refractivity contribution in [2.45, 2.75) is 85.3 Å². The third kappa shape index (κ3) is 6.15. The highest BCUT2D eigenvalue weighted by atomic mass is 32.1. The first-order valence-electron chi connectivity index (χ1n) is 13.8. The molecule has 2 aliphatic carbocycles. The average Bonchev–Trinajstić information content (AvgIpc) is 3.27. The number of rotatable bonds is 8. The van der Waals surface area contributed by atoms with Gasteiger partial charge < -0.3 is 25.6 Å². The van der Waals surface area contributed by atoms with Gasteiger partial charge in [0, 0.05) is 35.6 Å². The van der Waals surface area contributed by atoms with Crippen LogP contribution in [0.2, 0.25) is 0 Å². The predicted molar refractivity (Wildman–Crippen MR) is 153 cm³/mol. The lowest BCUT2D eigenvalue weighted by atomic mass is 9.47. The second-order valence-corrected chi connectivity index (χ2v) is 14.1. The van der Waals surface area contributed by atoms with Crippen LogP contribution in [-0.4, -0.2) is 46.8 Å². The number of amides is 2. The van der Waals surface area contributed by atoms with E-state index in [-0.39, 0.29) is 47.5 Å². The molecule has 2 amide bonds.